The first kappa shape index (κ1) is 21.7. The third-order valence-corrected chi connectivity index (χ3v) is 7.22. The van der Waals surface area contributed by atoms with Crippen LogP contribution in [-0.2, 0) is 10.8 Å². The molecule has 0 saturated carbocycles. The van der Waals surface area contributed by atoms with E-state index in [1.165, 1.54) is 0 Å². The second-order valence-corrected chi connectivity index (χ2v) is 9.85. The third-order valence-electron chi connectivity index (χ3n) is 5.67. The second-order valence-electron chi connectivity index (χ2n) is 8.23. The first-order valence-corrected chi connectivity index (χ1v) is 12.0. The van der Waals surface area contributed by atoms with Gasteiger partial charge in [-0.3, -0.25) is 4.21 Å². The molecule has 8 nitrogen and oxygen atoms in total. The Hall–Kier alpha value is -2.52. The molecule has 2 N–H and O–H groups in total. The first-order valence-electron chi connectivity index (χ1n) is 10.8. The zero-order valence-electron chi connectivity index (χ0n) is 18.5. The first-order chi connectivity index (χ1) is 15.0. The highest BCUT2D eigenvalue weighted by Crippen LogP contribution is 2.26. The highest BCUT2D eigenvalue weighted by molar-refractivity contribution is 7.85. The maximum Gasteiger partial charge on any atom is 0.228 e. The van der Waals surface area contributed by atoms with Crippen LogP contribution in [0.25, 0.3) is 5.65 Å². The van der Waals surface area contributed by atoms with Gasteiger partial charge in [0.15, 0.2) is 5.65 Å². The monoisotopic (exact) mass is 442 g/mol. The van der Waals surface area contributed by atoms with E-state index < -0.39 is 10.8 Å². The van der Waals surface area contributed by atoms with Gasteiger partial charge in [0.1, 0.15) is 5.75 Å². The predicted molar refractivity (Wildman–Crippen MR) is 122 cm³/mol. The molecule has 0 aliphatic carbocycles. The number of nitrogens with one attached hydrogen (secondary N) is 2. The van der Waals surface area contributed by atoms with Crippen molar-refractivity contribution in [2.24, 2.45) is 0 Å². The molecule has 0 bridgehead atoms. The summed E-state index contributed by atoms with van der Waals surface area (Å²) in [5, 5.41) is 11.7. The molecule has 1 saturated heterocycles. The maximum atomic E-state index is 13.3. The zero-order valence-corrected chi connectivity index (χ0v) is 19.3. The average Bonchev–Trinajstić information content (AvgIpc) is 3.24. The quantitative estimate of drug-likeness (QED) is 0.580. The molecule has 2 aromatic heterocycles. The molecule has 3 aromatic rings. The van der Waals surface area contributed by atoms with Gasteiger partial charge in [-0.15, -0.1) is 0 Å². The zero-order chi connectivity index (χ0) is 22.0. The second kappa shape index (κ2) is 9.32. The molecule has 3 atom stereocenters. The van der Waals surface area contributed by atoms with Gasteiger partial charge >= 0.3 is 0 Å². The fourth-order valence-electron chi connectivity index (χ4n) is 3.81. The third kappa shape index (κ3) is 4.57. The SMILES string of the molecule is COc1cccc(C(C)Nc2nc(S(=O)C3CCCNC3)nc3c(C(C)C)cnn23)c1. The highest BCUT2D eigenvalue weighted by Gasteiger charge is 2.26. The van der Waals surface area contributed by atoms with Gasteiger partial charge in [0.2, 0.25) is 11.1 Å². The maximum absolute atomic E-state index is 13.3. The summed E-state index contributed by atoms with van der Waals surface area (Å²) in [4.78, 5) is 9.38. The fraction of sp³-hybridized carbons (Fsp3) is 0.500. The topological polar surface area (TPSA) is 93.4 Å². The number of aromatic nitrogens is 4. The number of hydrogen-bond donors (Lipinski definition) is 2. The van der Waals surface area contributed by atoms with Crippen LogP contribution in [0.4, 0.5) is 5.95 Å². The Bertz CT molecular complexity index is 1080. The van der Waals surface area contributed by atoms with Gasteiger partial charge in [-0.05, 0) is 49.9 Å². The highest BCUT2D eigenvalue weighted by atomic mass is 32.2. The normalized spacial score (nSPS) is 18.8. The van der Waals surface area contributed by atoms with Crippen LogP contribution in [0.3, 0.4) is 0 Å². The van der Waals surface area contributed by atoms with Crippen LogP contribution in [0.15, 0.2) is 35.6 Å². The molecule has 0 spiro atoms. The van der Waals surface area contributed by atoms with Crippen molar-refractivity contribution >= 4 is 22.4 Å². The van der Waals surface area contributed by atoms with E-state index in [9.17, 15) is 4.21 Å². The summed E-state index contributed by atoms with van der Waals surface area (Å²) in [6, 6.07) is 7.85. The van der Waals surface area contributed by atoms with Gasteiger partial charge < -0.3 is 15.4 Å². The fourth-order valence-corrected chi connectivity index (χ4v) is 5.11. The lowest BCUT2D eigenvalue weighted by atomic mass is 10.1. The van der Waals surface area contributed by atoms with Crippen LogP contribution in [0.1, 0.15) is 56.7 Å². The minimum absolute atomic E-state index is 0.0188. The number of rotatable bonds is 7. The van der Waals surface area contributed by atoms with Crippen molar-refractivity contribution in [3.63, 3.8) is 0 Å². The van der Waals surface area contributed by atoms with Crippen molar-refractivity contribution in [1.82, 2.24) is 24.9 Å². The van der Waals surface area contributed by atoms with Crippen LogP contribution < -0.4 is 15.4 Å². The Morgan fingerprint density at radius 1 is 1.29 bits per heavy atom. The summed E-state index contributed by atoms with van der Waals surface area (Å²) in [7, 11) is 0.365. The number of nitrogens with zero attached hydrogens (tertiary/aromatic N) is 4. The van der Waals surface area contributed by atoms with Gasteiger partial charge in [0.25, 0.3) is 0 Å². The molecule has 1 aliphatic rings. The van der Waals surface area contributed by atoms with Gasteiger partial charge in [-0.2, -0.15) is 14.6 Å². The molecule has 166 valence electrons. The lowest BCUT2D eigenvalue weighted by molar-refractivity contribution is 0.414. The van der Waals surface area contributed by atoms with Gasteiger partial charge in [0, 0.05) is 12.1 Å². The van der Waals surface area contributed by atoms with Crippen molar-refractivity contribution in [3.05, 3.63) is 41.6 Å². The van der Waals surface area contributed by atoms with Gasteiger partial charge in [-0.1, -0.05) is 26.0 Å². The Labute approximate surface area is 185 Å². The molecule has 1 aliphatic heterocycles. The number of ether oxygens (including phenoxy) is 1. The number of hydrogen-bond acceptors (Lipinski definition) is 7. The summed E-state index contributed by atoms with van der Waals surface area (Å²) in [6.07, 6.45) is 3.75. The molecule has 1 fully saturated rings. The van der Waals surface area contributed by atoms with Crippen molar-refractivity contribution in [1.29, 1.82) is 0 Å². The number of benzene rings is 1. The van der Waals surface area contributed by atoms with Crippen LogP contribution in [0.2, 0.25) is 0 Å². The Balaban J connectivity index is 1.73. The minimum atomic E-state index is -1.29. The van der Waals surface area contributed by atoms with E-state index in [2.05, 4.69) is 41.5 Å². The van der Waals surface area contributed by atoms with E-state index in [1.807, 2.05) is 30.5 Å². The largest absolute Gasteiger partial charge is 0.497 e. The molecule has 0 radical (unpaired) electrons. The summed E-state index contributed by atoms with van der Waals surface area (Å²) >= 11 is 0. The van der Waals surface area contributed by atoms with Gasteiger partial charge in [0.05, 0.1) is 35.4 Å². The average molecular weight is 443 g/mol. The molecule has 9 heteroatoms. The molecule has 31 heavy (non-hydrogen) atoms. The number of fused-ring (bicyclic) bond motifs is 1. The Kier molecular flexibility index (Phi) is 6.52. The van der Waals surface area contributed by atoms with Crippen LogP contribution in [0.5, 0.6) is 5.75 Å². The molecular formula is C22H30N6O2S. The Morgan fingerprint density at radius 2 is 2.13 bits per heavy atom. The summed E-state index contributed by atoms with van der Waals surface area (Å²) in [5.74, 6) is 1.58. The summed E-state index contributed by atoms with van der Waals surface area (Å²) in [5.41, 5.74) is 2.78. The van der Waals surface area contributed by atoms with E-state index >= 15 is 0 Å². The van der Waals surface area contributed by atoms with E-state index in [-0.39, 0.29) is 17.2 Å². The van der Waals surface area contributed by atoms with Crippen LogP contribution in [0, 0.1) is 0 Å². The van der Waals surface area contributed by atoms with Crippen molar-refractivity contribution in [2.75, 3.05) is 25.5 Å². The van der Waals surface area contributed by atoms with Crippen molar-refractivity contribution < 1.29 is 8.95 Å². The number of piperidine rings is 1. The van der Waals surface area contributed by atoms with Crippen LogP contribution in [-0.4, -0.2) is 49.2 Å². The van der Waals surface area contributed by atoms with Gasteiger partial charge in [-0.25, -0.2) is 4.98 Å². The minimum Gasteiger partial charge on any atom is -0.497 e. The Morgan fingerprint density at radius 3 is 2.84 bits per heavy atom. The van der Waals surface area contributed by atoms with E-state index in [0.717, 1.165) is 42.8 Å². The lowest BCUT2D eigenvalue weighted by Crippen LogP contribution is -2.36. The van der Waals surface area contributed by atoms with Crippen molar-refractivity contribution in [3.8, 4) is 5.75 Å². The standard InChI is InChI=1S/C22H30N6O2S/c1-14(2)19-13-24-28-20(19)26-22(31(29)18-9-6-10-23-12-18)27-21(28)25-15(3)16-7-5-8-17(11-16)30-4/h5,7-8,11,13-15,18,23H,6,9-10,12H2,1-4H3,(H,25,26,27). The van der Waals surface area contributed by atoms with E-state index in [0.29, 0.717) is 16.8 Å². The summed E-state index contributed by atoms with van der Waals surface area (Å²) in [6.45, 7) is 7.95. The molecule has 4 rings (SSSR count). The molecule has 3 unspecified atom stereocenters. The summed E-state index contributed by atoms with van der Waals surface area (Å²) < 4.78 is 20.4. The molecule has 0 amide bonds. The van der Waals surface area contributed by atoms with E-state index in [1.54, 1.807) is 11.6 Å². The number of methoxy groups -OCH3 is 1. The molecule has 1 aromatic carbocycles. The number of anilines is 1. The smallest absolute Gasteiger partial charge is 0.228 e. The molecule has 3 heterocycles. The van der Waals surface area contributed by atoms with E-state index in [4.69, 9.17) is 9.72 Å². The predicted octanol–water partition coefficient (Wildman–Crippen LogP) is 3.29. The van der Waals surface area contributed by atoms with Crippen LogP contribution >= 0.6 is 0 Å². The van der Waals surface area contributed by atoms with Crippen molar-refractivity contribution in [2.45, 2.75) is 56.0 Å². The molecular weight excluding hydrogens is 412 g/mol. The lowest BCUT2D eigenvalue weighted by Gasteiger charge is -2.22.